The van der Waals surface area contributed by atoms with Gasteiger partial charge in [0.05, 0.1) is 17.7 Å². The van der Waals surface area contributed by atoms with Crippen LogP contribution >= 0.6 is 11.6 Å². The Bertz CT molecular complexity index is 672. The van der Waals surface area contributed by atoms with Crippen LogP contribution in [0.25, 0.3) is 0 Å². The molecule has 6 nitrogen and oxygen atoms in total. The quantitative estimate of drug-likeness (QED) is 0.818. The largest absolute Gasteiger partial charge is 0.465 e. The van der Waals surface area contributed by atoms with E-state index in [-0.39, 0.29) is 17.0 Å². The number of nitrogens with one attached hydrogen (secondary N) is 1. The summed E-state index contributed by atoms with van der Waals surface area (Å²) in [5, 5.41) is 3.17. The van der Waals surface area contributed by atoms with Crippen molar-refractivity contribution < 1.29 is 14.3 Å². The van der Waals surface area contributed by atoms with Crippen LogP contribution in [0.1, 0.15) is 29.6 Å². The predicted molar refractivity (Wildman–Crippen MR) is 97.2 cm³/mol. The van der Waals surface area contributed by atoms with E-state index < -0.39 is 5.97 Å². The van der Waals surface area contributed by atoms with Crippen LogP contribution in [-0.2, 0) is 4.74 Å². The van der Waals surface area contributed by atoms with E-state index in [2.05, 4.69) is 17.3 Å². The second-order valence-electron chi connectivity index (χ2n) is 7.09. The fraction of sp³-hybridized carbons (Fsp3) is 0.556. The number of benzene rings is 1. The summed E-state index contributed by atoms with van der Waals surface area (Å²) in [6, 6.07) is 4.70. The van der Waals surface area contributed by atoms with E-state index in [0.717, 1.165) is 45.4 Å². The second-order valence-corrected chi connectivity index (χ2v) is 7.50. The Morgan fingerprint density at radius 1 is 1.20 bits per heavy atom. The molecule has 2 amide bonds. The zero-order chi connectivity index (χ0) is 18.0. The minimum absolute atomic E-state index is 0.131. The third kappa shape index (κ3) is 3.90. The van der Waals surface area contributed by atoms with Crippen molar-refractivity contribution in [2.45, 2.75) is 19.3 Å². The first-order valence-electron chi connectivity index (χ1n) is 8.55. The van der Waals surface area contributed by atoms with Crippen LogP contribution in [0.2, 0.25) is 5.02 Å². The highest BCUT2D eigenvalue weighted by Crippen LogP contribution is 2.40. The number of methoxy groups -OCH3 is 1. The van der Waals surface area contributed by atoms with Gasteiger partial charge >= 0.3 is 12.0 Å². The molecule has 0 saturated carbocycles. The van der Waals surface area contributed by atoms with Gasteiger partial charge in [0.2, 0.25) is 0 Å². The van der Waals surface area contributed by atoms with E-state index >= 15 is 0 Å². The van der Waals surface area contributed by atoms with Crippen LogP contribution in [0, 0.1) is 5.41 Å². The fourth-order valence-corrected chi connectivity index (χ4v) is 3.88. The maximum absolute atomic E-state index is 12.6. The highest BCUT2D eigenvalue weighted by atomic mass is 35.5. The summed E-state index contributed by atoms with van der Waals surface area (Å²) >= 11 is 6.01. The highest BCUT2D eigenvalue weighted by Gasteiger charge is 2.41. The molecule has 7 heteroatoms. The molecule has 2 heterocycles. The molecule has 2 aliphatic rings. The molecular formula is C18H24ClN3O3. The van der Waals surface area contributed by atoms with Gasteiger partial charge in [0.25, 0.3) is 0 Å². The summed E-state index contributed by atoms with van der Waals surface area (Å²) < 4.78 is 4.71. The number of hydrogen-bond donors (Lipinski definition) is 1. The van der Waals surface area contributed by atoms with Crippen molar-refractivity contribution >= 4 is 29.3 Å². The highest BCUT2D eigenvalue weighted by molar-refractivity contribution is 6.33. The Kier molecular flexibility index (Phi) is 5.20. The first-order chi connectivity index (χ1) is 11.9. The van der Waals surface area contributed by atoms with E-state index in [4.69, 9.17) is 16.3 Å². The number of carbonyl (C=O) groups excluding carboxylic acids is 2. The lowest BCUT2D eigenvalue weighted by Gasteiger charge is -2.37. The van der Waals surface area contributed by atoms with Crippen LogP contribution in [0.15, 0.2) is 18.2 Å². The summed E-state index contributed by atoms with van der Waals surface area (Å²) in [5.41, 5.74) is 1.05. The number of amides is 2. The maximum Gasteiger partial charge on any atom is 0.339 e. The lowest BCUT2D eigenvalue weighted by molar-refractivity contribution is 0.0601. The molecule has 2 aliphatic heterocycles. The molecule has 0 aromatic heterocycles. The maximum atomic E-state index is 12.6. The van der Waals surface area contributed by atoms with E-state index in [0.29, 0.717) is 10.7 Å². The van der Waals surface area contributed by atoms with Crippen molar-refractivity contribution in [3.05, 3.63) is 28.8 Å². The van der Waals surface area contributed by atoms with Gasteiger partial charge in [-0.25, -0.2) is 9.59 Å². The monoisotopic (exact) mass is 365 g/mol. The molecule has 1 aromatic rings. The standard InChI is InChI=1S/C18H24ClN3O3/c1-21-8-5-18(6-9-21)7-10-22(12-18)17(24)20-13-3-4-15(19)14(11-13)16(23)25-2/h3-4,11H,5-10,12H2,1-2H3,(H,20,24). The molecule has 0 radical (unpaired) electrons. The number of hydrogen-bond acceptors (Lipinski definition) is 4. The normalized spacial score (nSPS) is 19.9. The zero-order valence-electron chi connectivity index (χ0n) is 14.7. The number of ether oxygens (including phenoxy) is 1. The van der Waals surface area contributed by atoms with Gasteiger partial charge in [-0.2, -0.15) is 0 Å². The van der Waals surface area contributed by atoms with Gasteiger partial charge in [0.1, 0.15) is 0 Å². The molecule has 0 atom stereocenters. The van der Waals surface area contributed by atoms with Crippen molar-refractivity contribution in [3.63, 3.8) is 0 Å². The minimum Gasteiger partial charge on any atom is -0.465 e. The number of anilines is 1. The molecule has 0 unspecified atom stereocenters. The number of nitrogens with zero attached hydrogens (tertiary/aromatic N) is 2. The average molecular weight is 366 g/mol. The molecule has 1 N–H and O–H groups in total. The molecular weight excluding hydrogens is 342 g/mol. The van der Waals surface area contributed by atoms with Crippen molar-refractivity contribution in [2.75, 3.05) is 45.7 Å². The third-order valence-corrected chi connectivity index (χ3v) is 5.73. The molecule has 2 fully saturated rings. The summed E-state index contributed by atoms with van der Waals surface area (Å²) in [6.07, 6.45) is 3.34. The van der Waals surface area contributed by atoms with E-state index in [9.17, 15) is 9.59 Å². The van der Waals surface area contributed by atoms with E-state index in [1.54, 1.807) is 18.2 Å². The lowest BCUT2D eigenvalue weighted by atomic mass is 9.78. The van der Waals surface area contributed by atoms with Crippen molar-refractivity contribution in [1.29, 1.82) is 0 Å². The Labute approximate surface area is 153 Å². The van der Waals surface area contributed by atoms with Crippen molar-refractivity contribution in [1.82, 2.24) is 9.80 Å². The van der Waals surface area contributed by atoms with Gasteiger partial charge in [0, 0.05) is 18.8 Å². The van der Waals surface area contributed by atoms with Crippen LogP contribution in [0.3, 0.4) is 0 Å². The van der Waals surface area contributed by atoms with Gasteiger partial charge < -0.3 is 19.9 Å². The van der Waals surface area contributed by atoms with Crippen LogP contribution in [0.4, 0.5) is 10.5 Å². The zero-order valence-corrected chi connectivity index (χ0v) is 15.4. The number of piperidine rings is 1. The van der Waals surface area contributed by atoms with Gasteiger partial charge in [-0.3, -0.25) is 0 Å². The van der Waals surface area contributed by atoms with Crippen LogP contribution in [-0.4, -0.2) is 62.1 Å². The second kappa shape index (κ2) is 7.22. The molecule has 25 heavy (non-hydrogen) atoms. The Hall–Kier alpha value is -1.79. The SMILES string of the molecule is COC(=O)c1cc(NC(=O)N2CCC3(CCN(C)CC3)C2)ccc1Cl. The Balaban J connectivity index is 1.64. The number of carbonyl (C=O) groups is 2. The van der Waals surface area contributed by atoms with Gasteiger partial charge in [-0.05, 0) is 63.0 Å². The van der Waals surface area contributed by atoms with Gasteiger partial charge in [-0.15, -0.1) is 0 Å². The lowest BCUT2D eigenvalue weighted by Crippen LogP contribution is -2.41. The third-order valence-electron chi connectivity index (χ3n) is 5.40. The number of esters is 1. The van der Waals surface area contributed by atoms with Crippen LogP contribution in [0.5, 0.6) is 0 Å². The molecule has 1 spiro atoms. The molecule has 0 bridgehead atoms. The van der Waals surface area contributed by atoms with Crippen molar-refractivity contribution in [3.8, 4) is 0 Å². The number of urea groups is 1. The minimum atomic E-state index is -0.521. The number of likely N-dealkylation sites (tertiary alicyclic amines) is 2. The number of rotatable bonds is 2. The van der Waals surface area contributed by atoms with Crippen LogP contribution < -0.4 is 5.32 Å². The van der Waals surface area contributed by atoms with E-state index in [1.165, 1.54) is 7.11 Å². The molecule has 1 aromatic carbocycles. The smallest absolute Gasteiger partial charge is 0.339 e. The topological polar surface area (TPSA) is 61.9 Å². The molecule has 0 aliphatic carbocycles. The molecule has 2 saturated heterocycles. The molecule has 3 rings (SSSR count). The van der Waals surface area contributed by atoms with Crippen molar-refractivity contribution in [2.24, 2.45) is 5.41 Å². The molecule has 136 valence electrons. The Morgan fingerprint density at radius 2 is 1.88 bits per heavy atom. The number of halogens is 1. The first-order valence-corrected chi connectivity index (χ1v) is 8.93. The summed E-state index contributed by atoms with van der Waals surface area (Å²) in [4.78, 5) is 28.5. The van der Waals surface area contributed by atoms with Gasteiger partial charge in [0.15, 0.2) is 0 Å². The average Bonchev–Trinajstić information content (AvgIpc) is 3.03. The van der Waals surface area contributed by atoms with Gasteiger partial charge in [-0.1, -0.05) is 11.6 Å². The van der Waals surface area contributed by atoms with E-state index in [1.807, 2.05) is 4.90 Å². The summed E-state index contributed by atoms with van der Waals surface area (Å²) in [6.45, 7) is 3.75. The predicted octanol–water partition coefficient (Wildman–Crippen LogP) is 3.08. The summed E-state index contributed by atoms with van der Waals surface area (Å²) in [5.74, 6) is -0.521. The summed E-state index contributed by atoms with van der Waals surface area (Å²) in [7, 11) is 3.45. The Morgan fingerprint density at radius 3 is 2.56 bits per heavy atom. The first kappa shape index (κ1) is 18.0. The fourth-order valence-electron chi connectivity index (χ4n) is 3.68.